The molecule has 39 heavy (non-hydrogen) atoms. The van der Waals surface area contributed by atoms with Crippen molar-refractivity contribution in [3.05, 3.63) is 96.1 Å². The van der Waals surface area contributed by atoms with E-state index in [4.69, 9.17) is 0 Å². The van der Waals surface area contributed by atoms with Gasteiger partial charge >= 0.3 is 0 Å². The van der Waals surface area contributed by atoms with E-state index in [9.17, 15) is 9.59 Å². The Morgan fingerprint density at radius 3 is 1.26 bits per heavy atom. The van der Waals surface area contributed by atoms with Gasteiger partial charge in [-0.2, -0.15) is 0 Å². The topological polar surface area (TPSA) is 44.0 Å². The molecule has 4 nitrogen and oxygen atoms in total. The van der Waals surface area contributed by atoms with Crippen molar-refractivity contribution in [2.24, 2.45) is 0 Å². The van der Waals surface area contributed by atoms with Crippen molar-refractivity contribution in [2.75, 3.05) is 0 Å². The smallest absolute Gasteiger partial charge is 0.150 e. The summed E-state index contributed by atoms with van der Waals surface area (Å²) in [5.41, 5.74) is 6.40. The van der Waals surface area contributed by atoms with Crippen LogP contribution < -0.4 is 0 Å². The maximum atomic E-state index is 11.3. The number of rotatable bonds is 12. The van der Waals surface area contributed by atoms with Crippen molar-refractivity contribution in [2.45, 2.75) is 58.0 Å². The predicted octanol–water partition coefficient (Wildman–Crippen LogP) is 8.96. The molecule has 0 atom stereocenters. The Kier molecular flexibility index (Phi) is 7.27. The molecule has 4 heteroatoms. The summed E-state index contributed by atoms with van der Waals surface area (Å²) < 4.78 is 4.84. The zero-order chi connectivity index (χ0) is 26.6. The largest absolute Gasteiger partial charge is 0.340 e. The molecule has 0 N–H and O–H groups in total. The molecule has 0 unspecified atom stereocenters. The van der Waals surface area contributed by atoms with E-state index >= 15 is 0 Å². The summed E-state index contributed by atoms with van der Waals surface area (Å²) in [6.45, 7) is 2.01. The third kappa shape index (κ3) is 4.87. The molecule has 6 aromatic rings. The van der Waals surface area contributed by atoms with Crippen LogP contribution >= 0.6 is 0 Å². The standard InChI is InChI=1S/C35H34N2O2/c38-24-26-16-18-34-30(22-26)28-12-6-8-14-32(28)36(34)20-10-4-2-1-3-5-11-21-37-33-15-9-7-13-29(33)31-23-27(25-39)17-19-35(31)37/h6-9,12-19,22-25H,1-5,10-11,20-21H2. The van der Waals surface area contributed by atoms with Crippen molar-refractivity contribution in [3.63, 3.8) is 0 Å². The lowest BCUT2D eigenvalue weighted by atomic mass is 10.1. The van der Waals surface area contributed by atoms with Crippen LogP contribution in [0.2, 0.25) is 0 Å². The number of aromatic nitrogens is 2. The lowest BCUT2D eigenvalue weighted by Crippen LogP contribution is -1.98. The van der Waals surface area contributed by atoms with Crippen LogP contribution in [0.5, 0.6) is 0 Å². The zero-order valence-electron chi connectivity index (χ0n) is 22.3. The fraction of sp³-hybridized carbons (Fsp3) is 0.257. The van der Waals surface area contributed by atoms with Gasteiger partial charge in [0.05, 0.1) is 0 Å². The minimum atomic E-state index is 0.732. The Bertz CT molecular complexity index is 1660. The summed E-state index contributed by atoms with van der Waals surface area (Å²) in [5.74, 6) is 0. The van der Waals surface area contributed by atoms with Crippen LogP contribution in [-0.4, -0.2) is 21.7 Å². The highest BCUT2D eigenvalue weighted by Crippen LogP contribution is 2.31. The van der Waals surface area contributed by atoms with Crippen molar-refractivity contribution in [1.29, 1.82) is 0 Å². The van der Waals surface area contributed by atoms with E-state index in [1.165, 1.54) is 75.7 Å². The van der Waals surface area contributed by atoms with Gasteiger partial charge in [0, 0.05) is 67.8 Å². The van der Waals surface area contributed by atoms with Gasteiger partial charge in [-0.1, -0.05) is 68.5 Å². The second kappa shape index (κ2) is 11.3. The van der Waals surface area contributed by atoms with Crippen LogP contribution in [0.4, 0.5) is 0 Å². The van der Waals surface area contributed by atoms with E-state index in [0.717, 1.165) is 49.6 Å². The number of hydrogen-bond acceptors (Lipinski definition) is 2. The van der Waals surface area contributed by atoms with E-state index in [1.807, 2.05) is 24.3 Å². The molecule has 4 aromatic carbocycles. The quantitative estimate of drug-likeness (QED) is 0.121. The Labute approximate surface area is 228 Å². The molecule has 2 aromatic heterocycles. The van der Waals surface area contributed by atoms with Crippen LogP contribution in [0.25, 0.3) is 43.6 Å². The summed E-state index contributed by atoms with van der Waals surface area (Å²) >= 11 is 0. The Hall–Kier alpha value is -4.18. The number of aldehydes is 2. The van der Waals surface area contributed by atoms with Crippen LogP contribution in [0.1, 0.15) is 65.7 Å². The first-order chi connectivity index (χ1) is 19.3. The highest BCUT2D eigenvalue weighted by atomic mass is 16.1. The molecule has 0 fully saturated rings. The van der Waals surface area contributed by atoms with Gasteiger partial charge in [-0.3, -0.25) is 9.59 Å². The number of nitrogens with zero attached hydrogens (tertiary/aromatic N) is 2. The van der Waals surface area contributed by atoms with Gasteiger partial charge in [0.2, 0.25) is 0 Å². The molecule has 6 rings (SSSR count). The number of carbonyl (C=O) groups excluding carboxylic acids is 2. The zero-order valence-corrected chi connectivity index (χ0v) is 22.3. The van der Waals surface area contributed by atoms with Crippen molar-refractivity contribution in [1.82, 2.24) is 9.13 Å². The highest BCUT2D eigenvalue weighted by molar-refractivity contribution is 6.10. The molecule has 0 spiro atoms. The fourth-order valence-corrected chi connectivity index (χ4v) is 6.19. The lowest BCUT2D eigenvalue weighted by Gasteiger charge is -2.09. The van der Waals surface area contributed by atoms with Gasteiger partial charge in [-0.15, -0.1) is 0 Å². The number of fused-ring (bicyclic) bond motifs is 6. The Morgan fingerprint density at radius 2 is 0.821 bits per heavy atom. The van der Waals surface area contributed by atoms with Gasteiger partial charge in [-0.05, 0) is 61.4 Å². The number of aryl methyl sites for hydroxylation is 2. The van der Waals surface area contributed by atoms with Gasteiger partial charge in [0.25, 0.3) is 0 Å². The first kappa shape index (κ1) is 25.1. The lowest BCUT2D eigenvalue weighted by molar-refractivity contribution is 0.111. The van der Waals surface area contributed by atoms with E-state index in [2.05, 4.69) is 69.8 Å². The summed E-state index contributed by atoms with van der Waals surface area (Å²) in [5, 5.41) is 4.79. The average Bonchev–Trinajstić information content (AvgIpc) is 3.48. The van der Waals surface area contributed by atoms with E-state index in [-0.39, 0.29) is 0 Å². The minimum Gasteiger partial charge on any atom is -0.340 e. The normalized spacial score (nSPS) is 11.7. The molecule has 0 amide bonds. The maximum absolute atomic E-state index is 11.3. The maximum Gasteiger partial charge on any atom is 0.150 e. The second-order valence-corrected chi connectivity index (χ2v) is 10.6. The molecule has 196 valence electrons. The molecule has 0 aliphatic heterocycles. The first-order valence-electron chi connectivity index (χ1n) is 14.2. The monoisotopic (exact) mass is 514 g/mol. The number of hydrogen-bond donors (Lipinski definition) is 0. The number of unbranched alkanes of at least 4 members (excludes halogenated alkanes) is 6. The molecule has 0 bridgehead atoms. The van der Waals surface area contributed by atoms with Gasteiger partial charge < -0.3 is 9.13 Å². The van der Waals surface area contributed by atoms with Crippen LogP contribution in [0, 0.1) is 0 Å². The molecular weight excluding hydrogens is 480 g/mol. The molecule has 0 radical (unpaired) electrons. The van der Waals surface area contributed by atoms with Crippen LogP contribution in [-0.2, 0) is 13.1 Å². The van der Waals surface area contributed by atoms with Crippen LogP contribution in [0.3, 0.4) is 0 Å². The third-order valence-corrected chi connectivity index (χ3v) is 8.13. The summed E-state index contributed by atoms with van der Waals surface area (Å²) in [4.78, 5) is 22.6. The van der Waals surface area contributed by atoms with Gasteiger partial charge in [0.15, 0.2) is 0 Å². The molecule has 0 aliphatic carbocycles. The van der Waals surface area contributed by atoms with Crippen LogP contribution in [0.15, 0.2) is 84.9 Å². The molecule has 0 saturated carbocycles. The Balaban J connectivity index is 1.00. The molecule has 0 aliphatic rings. The fourth-order valence-electron chi connectivity index (χ4n) is 6.19. The molecule has 2 heterocycles. The van der Waals surface area contributed by atoms with E-state index < -0.39 is 0 Å². The number of benzene rings is 4. The van der Waals surface area contributed by atoms with E-state index in [1.54, 1.807) is 0 Å². The molecular formula is C35H34N2O2. The SMILES string of the molecule is O=Cc1ccc2c(c1)c1ccccc1n2CCCCCCCCCn1c2ccccc2c2cc(C=O)ccc21. The summed E-state index contributed by atoms with van der Waals surface area (Å²) in [6.07, 6.45) is 10.4. The number of carbonyl (C=O) groups is 2. The second-order valence-electron chi connectivity index (χ2n) is 10.6. The molecule has 0 saturated heterocycles. The summed E-state index contributed by atoms with van der Waals surface area (Å²) in [7, 11) is 0. The van der Waals surface area contributed by atoms with Crippen molar-refractivity contribution in [3.8, 4) is 0 Å². The van der Waals surface area contributed by atoms with Crippen molar-refractivity contribution >= 4 is 56.2 Å². The van der Waals surface area contributed by atoms with E-state index in [0.29, 0.717) is 0 Å². The first-order valence-corrected chi connectivity index (χ1v) is 14.2. The van der Waals surface area contributed by atoms with Crippen molar-refractivity contribution < 1.29 is 9.59 Å². The minimum absolute atomic E-state index is 0.732. The highest BCUT2D eigenvalue weighted by Gasteiger charge is 2.12. The number of para-hydroxylation sites is 2. The summed E-state index contributed by atoms with van der Waals surface area (Å²) in [6, 6.07) is 29.1. The van der Waals surface area contributed by atoms with Gasteiger partial charge in [0.1, 0.15) is 12.6 Å². The van der Waals surface area contributed by atoms with Gasteiger partial charge in [-0.25, -0.2) is 0 Å². The average molecular weight is 515 g/mol. The Morgan fingerprint density at radius 1 is 0.436 bits per heavy atom. The third-order valence-electron chi connectivity index (χ3n) is 8.13. The predicted molar refractivity (Wildman–Crippen MR) is 162 cm³/mol.